The van der Waals surface area contributed by atoms with Gasteiger partial charge in [-0.2, -0.15) is 0 Å². The van der Waals surface area contributed by atoms with Gasteiger partial charge in [0.1, 0.15) is 0 Å². The first kappa shape index (κ1) is 20.6. The third kappa shape index (κ3) is 5.65. The van der Waals surface area contributed by atoms with E-state index in [2.05, 4.69) is 5.32 Å². The first-order valence-corrected chi connectivity index (χ1v) is 10.4. The van der Waals surface area contributed by atoms with Crippen molar-refractivity contribution >= 4 is 33.1 Å². The van der Waals surface area contributed by atoms with E-state index in [1.807, 2.05) is 32.0 Å². The molecular formula is C20H24N2O4S. The molecule has 0 unspecified atom stereocenters. The zero-order chi connectivity index (χ0) is 20.2. The lowest BCUT2D eigenvalue weighted by atomic mass is 10.1. The van der Waals surface area contributed by atoms with Crippen LogP contribution < -0.4 is 9.62 Å². The summed E-state index contributed by atoms with van der Waals surface area (Å²) >= 11 is 0. The van der Waals surface area contributed by atoms with E-state index >= 15 is 0 Å². The Hall–Kier alpha value is -2.67. The fraction of sp³-hybridized carbons (Fsp3) is 0.300. The SMILES string of the molecule is CC(=O)c1cccc(N(CCC(=O)Nc2cc(C)ccc2C)S(C)(=O)=O)c1. The van der Waals surface area contributed by atoms with Crippen LogP contribution in [0.15, 0.2) is 42.5 Å². The van der Waals surface area contributed by atoms with Crippen LogP contribution in [-0.2, 0) is 14.8 Å². The summed E-state index contributed by atoms with van der Waals surface area (Å²) in [5.41, 5.74) is 3.45. The zero-order valence-corrected chi connectivity index (χ0v) is 16.8. The number of ketones is 1. The molecule has 0 saturated carbocycles. The van der Waals surface area contributed by atoms with Crippen LogP contribution in [0, 0.1) is 13.8 Å². The zero-order valence-electron chi connectivity index (χ0n) is 15.9. The first-order chi connectivity index (χ1) is 12.6. The number of hydrogen-bond acceptors (Lipinski definition) is 4. The maximum absolute atomic E-state index is 12.3. The van der Waals surface area contributed by atoms with Gasteiger partial charge in [0.2, 0.25) is 15.9 Å². The van der Waals surface area contributed by atoms with Gasteiger partial charge in [-0.3, -0.25) is 13.9 Å². The summed E-state index contributed by atoms with van der Waals surface area (Å²) in [6, 6.07) is 12.1. The van der Waals surface area contributed by atoms with E-state index in [1.54, 1.807) is 18.2 Å². The number of hydrogen-bond donors (Lipinski definition) is 1. The summed E-state index contributed by atoms with van der Waals surface area (Å²) in [5, 5.41) is 2.82. The van der Waals surface area contributed by atoms with Gasteiger partial charge in [0.05, 0.1) is 11.9 Å². The molecule has 0 aromatic heterocycles. The molecule has 27 heavy (non-hydrogen) atoms. The predicted octanol–water partition coefficient (Wildman–Crippen LogP) is 3.30. The van der Waals surface area contributed by atoms with Crippen molar-refractivity contribution in [1.29, 1.82) is 0 Å². The van der Waals surface area contributed by atoms with E-state index in [-0.39, 0.29) is 24.7 Å². The molecule has 0 radical (unpaired) electrons. The number of Topliss-reactive ketones (excluding diaryl/α,β-unsaturated/α-hetero) is 1. The van der Waals surface area contributed by atoms with Crippen LogP contribution in [0.1, 0.15) is 34.8 Å². The Balaban J connectivity index is 2.16. The number of nitrogens with one attached hydrogen (secondary N) is 1. The number of rotatable bonds is 7. The molecule has 0 fully saturated rings. The Labute approximate surface area is 160 Å². The second kappa shape index (κ2) is 8.35. The monoisotopic (exact) mass is 388 g/mol. The summed E-state index contributed by atoms with van der Waals surface area (Å²) in [6.45, 7) is 5.23. The maximum atomic E-state index is 12.3. The fourth-order valence-electron chi connectivity index (χ4n) is 2.65. The maximum Gasteiger partial charge on any atom is 0.232 e. The number of sulfonamides is 1. The number of nitrogens with zero attached hydrogens (tertiary/aromatic N) is 1. The van der Waals surface area contributed by atoms with E-state index in [0.29, 0.717) is 16.9 Å². The van der Waals surface area contributed by atoms with E-state index in [4.69, 9.17) is 0 Å². The summed E-state index contributed by atoms with van der Waals surface area (Å²) in [5.74, 6) is -0.432. The van der Waals surface area contributed by atoms with Gasteiger partial charge in [0.15, 0.2) is 5.78 Å². The van der Waals surface area contributed by atoms with Crippen LogP contribution >= 0.6 is 0 Å². The molecule has 0 atom stereocenters. The van der Waals surface area contributed by atoms with Crippen LogP contribution in [0.5, 0.6) is 0 Å². The summed E-state index contributed by atoms with van der Waals surface area (Å²) in [7, 11) is -3.60. The molecule has 1 amide bonds. The second-order valence-electron chi connectivity index (χ2n) is 6.56. The third-order valence-corrected chi connectivity index (χ3v) is 5.34. The number of aryl methyl sites for hydroxylation is 2. The van der Waals surface area contributed by atoms with Crippen molar-refractivity contribution in [3.8, 4) is 0 Å². The Morgan fingerprint density at radius 1 is 1.07 bits per heavy atom. The molecule has 0 bridgehead atoms. The Kier molecular flexibility index (Phi) is 6.38. The van der Waals surface area contributed by atoms with Crippen molar-refractivity contribution in [2.24, 2.45) is 0 Å². The Morgan fingerprint density at radius 3 is 2.41 bits per heavy atom. The van der Waals surface area contributed by atoms with Gasteiger partial charge in [0, 0.05) is 24.2 Å². The van der Waals surface area contributed by atoms with Crippen molar-refractivity contribution in [1.82, 2.24) is 0 Å². The molecule has 7 heteroatoms. The summed E-state index contributed by atoms with van der Waals surface area (Å²) in [4.78, 5) is 23.9. The first-order valence-electron chi connectivity index (χ1n) is 8.54. The van der Waals surface area contributed by atoms with Crippen molar-refractivity contribution < 1.29 is 18.0 Å². The van der Waals surface area contributed by atoms with Gasteiger partial charge in [-0.15, -0.1) is 0 Å². The lowest BCUT2D eigenvalue weighted by Crippen LogP contribution is -2.33. The number of anilines is 2. The Morgan fingerprint density at radius 2 is 1.78 bits per heavy atom. The number of carbonyl (C=O) groups is 2. The fourth-order valence-corrected chi connectivity index (χ4v) is 3.57. The molecule has 0 aliphatic rings. The molecule has 1 N–H and O–H groups in total. The number of amides is 1. The normalized spacial score (nSPS) is 11.1. The highest BCUT2D eigenvalue weighted by atomic mass is 32.2. The Bertz CT molecular complexity index is 968. The van der Waals surface area contributed by atoms with Gasteiger partial charge in [-0.25, -0.2) is 8.42 Å². The largest absolute Gasteiger partial charge is 0.326 e. The molecule has 2 aromatic carbocycles. The molecule has 0 aliphatic carbocycles. The molecule has 0 aliphatic heterocycles. The highest BCUT2D eigenvalue weighted by Crippen LogP contribution is 2.21. The lowest BCUT2D eigenvalue weighted by Gasteiger charge is -2.22. The predicted molar refractivity (Wildman–Crippen MR) is 108 cm³/mol. The van der Waals surface area contributed by atoms with Crippen molar-refractivity contribution in [3.05, 3.63) is 59.2 Å². The van der Waals surface area contributed by atoms with Gasteiger partial charge in [-0.1, -0.05) is 24.3 Å². The molecule has 144 valence electrons. The highest BCUT2D eigenvalue weighted by Gasteiger charge is 2.19. The van der Waals surface area contributed by atoms with E-state index in [0.717, 1.165) is 21.7 Å². The topological polar surface area (TPSA) is 83.6 Å². The van der Waals surface area contributed by atoms with Crippen LogP contribution in [-0.4, -0.2) is 32.9 Å². The van der Waals surface area contributed by atoms with Gasteiger partial charge in [0.25, 0.3) is 0 Å². The van der Waals surface area contributed by atoms with Gasteiger partial charge >= 0.3 is 0 Å². The molecule has 0 heterocycles. The van der Waals surface area contributed by atoms with Crippen LogP contribution in [0.2, 0.25) is 0 Å². The van der Waals surface area contributed by atoms with Gasteiger partial charge < -0.3 is 5.32 Å². The van der Waals surface area contributed by atoms with Crippen LogP contribution in [0.4, 0.5) is 11.4 Å². The molecule has 0 spiro atoms. The average Bonchev–Trinajstić information content (AvgIpc) is 2.57. The molecule has 2 aromatic rings. The average molecular weight is 388 g/mol. The van der Waals surface area contributed by atoms with Crippen molar-refractivity contribution in [3.63, 3.8) is 0 Å². The van der Waals surface area contributed by atoms with E-state index in [9.17, 15) is 18.0 Å². The van der Waals surface area contributed by atoms with E-state index in [1.165, 1.54) is 13.0 Å². The minimum absolute atomic E-state index is 0.00918. The van der Waals surface area contributed by atoms with Crippen LogP contribution in [0.3, 0.4) is 0 Å². The van der Waals surface area contributed by atoms with Crippen molar-refractivity contribution in [2.75, 3.05) is 22.4 Å². The summed E-state index contributed by atoms with van der Waals surface area (Å²) in [6.07, 6.45) is 1.07. The van der Waals surface area contributed by atoms with Gasteiger partial charge in [-0.05, 0) is 50.1 Å². The van der Waals surface area contributed by atoms with E-state index < -0.39 is 10.0 Å². The standard InChI is InChI=1S/C20H24N2O4S/c1-14-8-9-15(2)19(12-14)21-20(24)10-11-22(27(4,25)26)18-7-5-6-17(13-18)16(3)23/h5-9,12-13H,10-11H2,1-4H3,(H,21,24). The smallest absolute Gasteiger partial charge is 0.232 e. The second-order valence-corrected chi connectivity index (χ2v) is 8.47. The lowest BCUT2D eigenvalue weighted by molar-refractivity contribution is -0.116. The molecule has 6 nitrogen and oxygen atoms in total. The minimum Gasteiger partial charge on any atom is -0.326 e. The number of benzene rings is 2. The molecule has 2 rings (SSSR count). The third-order valence-electron chi connectivity index (χ3n) is 4.15. The number of carbonyl (C=O) groups excluding carboxylic acids is 2. The minimum atomic E-state index is -3.60. The quantitative estimate of drug-likeness (QED) is 0.738. The summed E-state index contributed by atoms with van der Waals surface area (Å²) < 4.78 is 25.5. The van der Waals surface area contributed by atoms with Crippen molar-refractivity contribution in [2.45, 2.75) is 27.2 Å². The molecular weight excluding hydrogens is 364 g/mol. The van der Waals surface area contributed by atoms with Crippen LogP contribution in [0.25, 0.3) is 0 Å². The molecule has 0 saturated heterocycles. The highest BCUT2D eigenvalue weighted by molar-refractivity contribution is 7.92.